The van der Waals surface area contributed by atoms with Crippen LogP contribution in [0.3, 0.4) is 0 Å². The first-order chi connectivity index (χ1) is 8.60. The van der Waals surface area contributed by atoms with Gasteiger partial charge in [0.25, 0.3) is 0 Å². The highest BCUT2D eigenvalue weighted by Crippen LogP contribution is 2.27. The van der Waals surface area contributed by atoms with Gasteiger partial charge in [0.05, 0.1) is 22.5 Å². The number of hydrogen-bond acceptors (Lipinski definition) is 4. The van der Waals surface area contributed by atoms with Gasteiger partial charge in [-0.3, -0.25) is 0 Å². The van der Waals surface area contributed by atoms with E-state index in [4.69, 9.17) is 28.3 Å². The van der Waals surface area contributed by atoms with Gasteiger partial charge in [-0.2, -0.15) is 0 Å². The maximum Gasteiger partial charge on any atom is 0.147 e. The van der Waals surface area contributed by atoms with Crippen LogP contribution in [0.2, 0.25) is 9.36 Å². The Balaban J connectivity index is 2.15. The van der Waals surface area contributed by atoms with Gasteiger partial charge in [0, 0.05) is 18.1 Å². The molecule has 1 N–H and O–H groups in total. The van der Waals surface area contributed by atoms with Crippen molar-refractivity contribution in [1.29, 1.82) is 0 Å². The van der Waals surface area contributed by atoms with Crippen molar-refractivity contribution >= 4 is 40.4 Å². The lowest BCUT2D eigenvalue weighted by Crippen LogP contribution is -2.17. The highest BCUT2D eigenvalue weighted by molar-refractivity contribution is 7.16. The Hall–Kier alpha value is -0.810. The third kappa shape index (κ3) is 3.14. The molecule has 0 aliphatic rings. The first-order valence-corrected chi connectivity index (χ1v) is 6.88. The second kappa shape index (κ2) is 5.89. The fourth-order valence-corrected chi connectivity index (χ4v) is 3.06. The number of pyridine rings is 1. The fourth-order valence-electron chi connectivity index (χ4n) is 1.58. The van der Waals surface area contributed by atoms with Crippen molar-refractivity contribution in [3.8, 4) is 0 Å². The summed E-state index contributed by atoms with van der Waals surface area (Å²) in [7, 11) is 1.92. The van der Waals surface area contributed by atoms with Gasteiger partial charge in [0.2, 0.25) is 0 Å². The molecule has 0 aliphatic heterocycles. The van der Waals surface area contributed by atoms with Crippen LogP contribution in [0.25, 0.3) is 0 Å². The topological polar surface area (TPSA) is 36.4 Å². The van der Waals surface area contributed by atoms with Crippen LogP contribution >= 0.6 is 34.5 Å². The van der Waals surface area contributed by atoms with Crippen molar-refractivity contribution in [3.05, 3.63) is 44.2 Å². The van der Waals surface area contributed by atoms with E-state index in [9.17, 15) is 0 Å². The molecule has 0 unspecified atom stereocenters. The normalized spacial score (nSPS) is 10.7. The summed E-state index contributed by atoms with van der Waals surface area (Å²) in [6.45, 7) is 0.639. The molecular weight excluding hydrogens is 291 g/mol. The van der Waals surface area contributed by atoms with Crippen LogP contribution in [0, 0.1) is 0 Å². The van der Waals surface area contributed by atoms with Gasteiger partial charge in [-0.1, -0.05) is 23.2 Å². The van der Waals surface area contributed by atoms with Gasteiger partial charge >= 0.3 is 0 Å². The van der Waals surface area contributed by atoms with Gasteiger partial charge in [0.15, 0.2) is 0 Å². The Morgan fingerprint density at radius 3 is 2.72 bits per heavy atom. The molecule has 2 rings (SSSR count). The van der Waals surface area contributed by atoms with Crippen LogP contribution in [0.4, 0.5) is 5.82 Å². The van der Waals surface area contributed by atoms with E-state index in [1.165, 1.54) is 11.3 Å². The van der Waals surface area contributed by atoms with Crippen molar-refractivity contribution in [2.45, 2.75) is 13.2 Å². The molecule has 18 heavy (non-hydrogen) atoms. The molecule has 96 valence electrons. The molecule has 0 radical (unpaired) electrons. The van der Waals surface area contributed by atoms with E-state index < -0.39 is 0 Å². The third-order valence-corrected chi connectivity index (χ3v) is 3.94. The van der Waals surface area contributed by atoms with Crippen LogP contribution < -0.4 is 4.90 Å². The molecule has 0 fully saturated rings. The number of anilines is 1. The Kier molecular flexibility index (Phi) is 4.45. The maximum absolute atomic E-state index is 9.00. The SMILES string of the molecule is CN(Cc1ccc(Cl)s1)c1ncc(CO)cc1Cl. The van der Waals surface area contributed by atoms with Crippen LogP contribution in [0.15, 0.2) is 24.4 Å². The fraction of sp³-hybridized carbons (Fsp3) is 0.250. The number of nitrogens with zero attached hydrogens (tertiary/aromatic N) is 2. The molecule has 0 saturated heterocycles. The summed E-state index contributed by atoms with van der Waals surface area (Å²) < 4.78 is 0.771. The largest absolute Gasteiger partial charge is 0.392 e. The molecule has 0 amide bonds. The molecule has 0 saturated carbocycles. The average Bonchev–Trinajstić information content (AvgIpc) is 2.74. The minimum atomic E-state index is -0.0583. The van der Waals surface area contributed by atoms with Crippen LogP contribution in [0.1, 0.15) is 10.4 Å². The Morgan fingerprint density at radius 2 is 2.17 bits per heavy atom. The first-order valence-electron chi connectivity index (χ1n) is 5.31. The van der Waals surface area contributed by atoms with E-state index >= 15 is 0 Å². The lowest BCUT2D eigenvalue weighted by molar-refractivity contribution is 0.281. The van der Waals surface area contributed by atoms with Gasteiger partial charge < -0.3 is 10.0 Å². The molecule has 0 atom stereocenters. The van der Waals surface area contributed by atoms with Gasteiger partial charge in [-0.15, -0.1) is 11.3 Å². The van der Waals surface area contributed by atoms with E-state index in [2.05, 4.69) is 4.98 Å². The van der Waals surface area contributed by atoms with Crippen LogP contribution in [0.5, 0.6) is 0 Å². The first kappa shape index (κ1) is 13.6. The highest BCUT2D eigenvalue weighted by atomic mass is 35.5. The summed E-state index contributed by atoms with van der Waals surface area (Å²) in [4.78, 5) is 7.35. The van der Waals surface area contributed by atoms with E-state index in [0.29, 0.717) is 22.9 Å². The number of thiophene rings is 1. The maximum atomic E-state index is 9.00. The zero-order valence-electron chi connectivity index (χ0n) is 9.73. The molecule has 2 aromatic rings. The van der Waals surface area contributed by atoms with Crippen molar-refractivity contribution in [3.63, 3.8) is 0 Å². The summed E-state index contributed by atoms with van der Waals surface area (Å²) >= 11 is 13.6. The molecule has 0 aromatic carbocycles. The minimum Gasteiger partial charge on any atom is -0.392 e. The second-order valence-electron chi connectivity index (χ2n) is 3.87. The Labute approximate surface area is 120 Å². The van der Waals surface area contributed by atoms with E-state index in [1.54, 1.807) is 12.3 Å². The van der Waals surface area contributed by atoms with Gasteiger partial charge in [-0.05, 0) is 23.8 Å². The summed E-state index contributed by atoms with van der Waals surface area (Å²) in [6.07, 6.45) is 1.62. The number of aliphatic hydroxyl groups is 1. The monoisotopic (exact) mass is 302 g/mol. The molecule has 3 nitrogen and oxygen atoms in total. The summed E-state index contributed by atoms with van der Waals surface area (Å²) in [5, 5.41) is 9.54. The number of aromatic nitrogens is 1. The molecule has 0 bridgehead atoms. The van der Waals surface area contributed by atoms with Crippen molar-refractivity contribution in [2.24, 2.45) is 0 Å². The predicted octanol–water partition coefficient (Wildman–Crippen LogP) is 3.58. The Bertz CT molecular complexity index is 545. The number of halogens is 2. The van der Waals surface area contributed by atoms with Crippen molar-refractivity contribution < 1.29 is 5.11 Å². The number of rotatable bonds is 4. The van der Waals surface area contributed by atoms with Gasteiger partial charge in [-0.25, -0.2) is 4.98 Å². The molecule has 2 aromatic heterocycles. The quantitative estimate of drug-likeness (QED) is 0.938. The zero-order valence-corrected chi connectivity index (χ0v) is 12.1. The second-order valence-corrected chi connectivity index (χ2v) is 6.08. The zero-order chi connectivity index (χ0) is 13.1. The summed E-state index contributed by atoms with van der Waals surface area (Å²) in [5.41, 5.74) is 0.705. The van der Waals surface area contributed by atoms with Crippen LogP contribution in [-0.2, 0) is 13.2 Å². The van der Waals surface area contributed by atoms with Gasteiger partial charge in [0.1, 0.15) is 5.82 Å². The van der Waals surface area contributed by atoms with Crippen molar-refractivity contribution in [1.82, 2.24) is 4.98 Å². The predicted molar refractivity (Wildman–Crippen MR) is 76.6 cm³/mol. The molecule has 0 spiro atoms. The number of aliphatic hydroxyl groups excluding tert-OH is 1. The van der Waals surface area contributed by atoms with Crippen molar-refractivity contribution in [2.75, 3.05) is 11.9 Å². The molecular formula is C12H12Cl2N2OS. The smallest absolute Gasteiger partial charge is 0.147 e. The third-order valence-electron chi connectivity index (χ3n) is 2.44. The van der Waals surface area contributed by atoms with E-state index in [1.807, 2.05) is 24.1 Å². The minimum absolute atomic E-state index is 0.0583. The molecule has 0 aliphatic carbocycles. The Morgan fingerprint density at radius 1 is 1.39 bits per heavy atom. The lowest BCUT2D eigenvalue weighted by Gasteiger charge is -2.18. The standard InChI is InChI=1S/C12H12Cl2N2OS/c1-16(6-9-2-3-11(14)18-9)12-10(13)4-8(7-17)5-15-12/h2-5,17H,6-7H2,1H3. The summed E-state index contributed by atoms with van der Waals surface area (Å²) in [6, 6.07) is 5.58. The molecule has 6 heteroatoms. The highest BCUT2D eigenvalue weighted by Gasteiger charge is 2.10. The average molecular weight is 303 g/mol. The van der Waals surface area contributed by atoms with E-state index in [0.717, 1.165) is 9.21 Å². The molecule has 2 heterocycles. The number of hydrogen-bond donors (Lipinski definition) is 1. The van der Waals surface area contributed by atoms with E-state index in [-0.39, 0.29) is 6.61 Å². The lowest BCUT2D eigenvalue weighted by atomic mass is 10.3. The van der Waals surface area contributed by atoms with Crippen LogP contribution in [-0.4, -0.2) is 17.1 Å². The summed E-state index contributed by atoms with van der Waals surface area (Å²) in [5.74, 6) is 0.693.